The van der Waals surface area contributed by atoms with Gasteiger partial charge in [-0.1, -0.05) is 13.8 Å². The van der Waals surface area contributed by atoms with Gasteiger partial charge in [0.2, 0.25) is 0 Å². The van der Waals surface area contributed by atoms with Gasteiger partial charge in [-0.3, -0.25) is 0 Å². The fourth-order valence-electron chi connectivity index (χ4n) is 3.40. The van der Waals surface area contributed by atoms with E-state index in [2.05, 4.69) is 18.7 Å². The second-order valence-electron chi connectivity index (χ2n) is 6.34. The van der Waals surface area contributed by atoms with Gasteiger partial charge in [-0.2, -0.15) is 0 Å². The molecule has 2 fully saturated rings. The molecule has 0 spiro atoms. The minimum absolute atomic E-state index is 0.103. The van der Waals surface area contributed by atoms with Crippen LogP contribution in [-0.2, 0) is 0 Å². The molecule has 1 heterocycles. The Morgan fingerprint density at radius 2 is 1.82 bits per heavy atom. The molecule has 1 aliphatic heterocycles. The van der Waals surface area contributed by atoms with E-state index in [0.717, 1.165) is 44.8 Å². The molecular formula is C14H27NO2. The van der Waals surface area contributed by atoms with Crippen LogP contribution in [0.3, 0.4) is 0 Å². The van der Waals surface area contributed by atoms with Crippen LogP contribution in [0.4, 0.5) is 0 Å². The van der Waals surface area contributed by atoms with Crippen molar-refractivity contribution >= 4 is 0 Å². The summed E-state index contributed by atoms with van der Waals surface area (Å²) < 4.78 is 0. The van der Waals surface area contributed by atoms with Gasteiger partial charge < -0.3 is 15.1 Å². The van der Waals surface area contributed by atoms with Gasteiger partial charge in [0.25, 0.3) is 0 Å². The summed E-state index contributed by atoms with van der Waals surface area (Å²) in [5, 5.41) is 19.8. The molecule has 0 amide bonds. The molecule has 3 heteroatoms. The molecule has 100 valence electrons. The summed E-state index contributed by atoms with van der Waals surface area (Å²) in [5.41, 5.74) is 0. The highest BCUT2D eigenvalue weighted by Gasteiger charge is 2.31. The van der Waals surface area contributed by atoms with Gasteiger partial charge in [0.1, 0.15) is 0 Å². The van der Waals surface area contributed by atoms with Crippen molar-refractivity contribution in [3.63, 3.8) is 0 Å². The van der Waals surface area contributed by atoms with Crippen LogP contribution in [0.5, 0.6) is 0 Å². The zero-order valence-electron chi connectivity index (χ0n) is 11.2. The van der Waals surface area contributed by atoms with Gasteiger partial charge in [0.15, 0.2) is 0 Å². The predicted molar refractivity (Wildman–Crippen MR) is 68.7 cm³/mol. The van der Waals surface area contributed by atoms with Gasteiger partial charge >= 0.3 is 0 Å². The molecule has 0 bridgehead atoms. The van der Waals surface area contributed by atoms with Crippen LogP contribution < -0.4 is 0 Å². The number of rotatable bonds is 2. The largest absolute Gasteiger partial charge is 0.393 e. The summed E-state index contributed by atoms with van der Waals surface area (Å²) in [6.07, 6.45) is 3.97. The second kappa shape index (κ2) is 5.68. The monoisotopic (exact) mass is 241 g/mol. The first-order valence-corrected chi connectivity index (χ1v) is 7.14. The third-order valence-electron chi connectivity index (χ3n) is 4.64. The van der Waals surface area contributed by atoms with Crippen molar-refractivity contribution in [3.8, 4) is 0 Å². The number of nitrogens with zero attached hydrogens (tertiary/aromatic N) is 1. The highest BCUT2D eigenvalue weighted by molar-refractivity contribution is 4.84. The van der Waals surface area contributed by atoms with Crippen molar-refractivity contribution in [1.29, 1.82) is 0 Å². The maximum atomic E-state index is 10.1. The summed E-state index contributed by atoms with van der Waals surface area (Å²) in [5.74, 6) is 1.58. The number of likely N-dealkylation sites (tertiary alicyclic amines) is 1. The molecule has 1 saturated carbocycles. The fraction of sp³-hybridized carbons (Fsp3) is 1.00. The molecule has 0 radical (unpaired) electrons. The smallest absolute Gasteiger partial charge is 0.0590 e. The predicted octanol–water partition coefficient (Wildman–Crippen LogP) is 1.49. The molecule has 2 rings (SSSR count). The average Bonchev–Trinajstić information content (AvgIpc) is 2.29. The highest BCUT2D eigenvalue weighted by atomic mass is 16.3. The number of aliphatic hydroxyl groups excluding tert-OH is 2. The first-order valence-electron chi connectivity index (χ1n) is 7.14. The lowest BCUT2D eigenvalue weighted by molar-refractivity contribution is -0.00426. The van der Waals surface area contributed by atoms with Crippen molar-refractivity contribution < 1.29 is 10.2 Å². The van der Waals surface area contributed by atoms with Crippen LogP contribution in [0.15, 0.2) is 0 Å². The molecule has 0 aromatic carbocycles. The Hall–Kier alpha value is -0.120. The highest BCUT2D eigenvalue weighted by Crippen LogP contribution is 2.30. The standard InChI is InChI=1S/C14H27NO2/c1-10-3-4-14(17)12(7-10)9-15-6-5-13(16)11(2)8-15/h10-14,16-17H,3-9H2,1-2H3. The van der Waals surface area contributed by atoms with E-state index in [9.17, 15) is 10.2 Å². The Bertz CT molecular complexity index is 246. The minimum atomic E-state index is -0.124. The minimum Gasteiger partial charge on any atom is -0.393 e. The van der Waals surface area contributed by atoms with Gasteiger partial charge in [0, 0.05) is 19.6 Å². The Labute approximate surface area is 105 Å². The van der Waals surface area contributed by atoms with E-state index < -0.39 is 0 Å². The molecule has 2 N–H and O–H groups in total. The number of hydrogen-bond acceptors (Lipinski definition) is 3. The van der Waals surface area contributed by atoms with Gasteiger partial charge in [-0.25, -0.2) is 0 Å². The maximum absolute atomic E-state index is 10.1. The first kappa shape index (κ1) is 13.3. The number of hydrogen-bond donors (Lipinski definition) is 2. The summed E-state index contributed by atoms with van der Waals surface area (Å²) in [7, 11) is 0. The van der Waals surface area contributed by atoms with Crippen LogP contribution in [0.25, 0.3) is 0 Å². The lowest BCUT2D eigenvalue weighted by Crippen LogP contribution is -2.46. The van der Waals surface area contributed by atoms with Crippen LogP contribution in [-0.4, -0.2) is 47.0 Å². The SMILES string of the molecule is CC1CCC(O)C(CN2CCC(O)C(C)C2)C1. The van der Waals surface area contributed by atoms with Crippen LogP contribution in [0.1, 0.15) is 39.5 Å². The Balaban J connectivity index is 1.83. The van der Waals surface area contributed by atoms with E-state index in [4.69, 9.17) is 0 Å². The second-order valence-corrected chi connectivity index (χ2v) is 6.34. The Morgan fingerprint density at radius 3 is 2.53 bits per heavy atom. The fourth-order valence-corrected chi connectivity index (χ4v) is 3.40. The van der Waals surface area contributed by atoms with Gasteiger partial charge in [-0.15, -0.1) is 0 Å². The molecular weight excluding hydrogens is 214 g/mol. The third-order valence-corrected chi connectivity index (χ3v) is 4.64. The normalized spacial score (nSPS) is 44.8. The number of piperidine rings is 1. The Morgan fingerprint density at radius 1 is 1.06 bits per heavy atom. The van der Waals surface area contributed by atoms with Crippen molar-refractivity contribution in [2.45, 2.75) is 51.7 Å². The first-order chi connectivity index (χ1) is 8.06. The molecule has 0 aromatic rings. The van der Waals surface area contributed by atoms with E-state index in [1.807, 2.05) is 0 Å². The van der Waals surface area contributed by atoms with E-state index in [1.165, 1.54) is 6.42 Å². The van der Waals surface area contributed by atoms with Crippen LogP contribution in [0, 0.1) is 17.8 Å². The van der Waals surface area contributed by atoms with E-state index >= 15 is 0 Å². The lowest BCUT2D eigenvalue weighted by Gasteiger charge is -2.39. The topological polar surface area (TPSA) is 43.7 Å². The van der Waals surface area contributed by atoms with Gasteiger partial charge in [0.05, 0.1) is 12.2 Å². The maximum Gasteiger partial charge on any atom is 0.0590 e. The third kappa shape index (κ3) is 3.43. The van der Waals surface area contributed by atoms with Crippen molar-refractivity contribution in [1.82, 2.24) is 4.90 Å². The lowest BCUT2D eigenvalue weighted by atomic mass is 9.79. The summed E-state index contributed by atoms with van der Waals surface area (Å²) in [6.45, 7) is 7.41. The summed E-state index contributed by atoms with van der Waals surface area (Å²) in [4.78, 5) is 2.43. The molecule has 0 aromatic heterocycles. The zero-order chi connectivity index (χ0) is 12.4. The van der Waals surface area contributed by atoms with E-state index in [1.54, 1.807) is 0 Å². The van der Waals surface area contributed by atoms with Crippen LogP contribution >= 0.6 is 0 Å². The molecule has 3 nitrogen and oxygen atoms in total. The van der Waals surface area contributed by atoms with E-state index in [-0.39, 0.29) is 12.2 Å². The van der Waals surface area contributed by atoms with Crippen molar-refractivity contribution in [2.24, 2.45) is 17.8 Å². The molecule has 5 atom stereocenters. The van der Waals surface area contributed by atoms with Crippen molar-refractivity contribution in [2.75, 3.05) is 19.6 Å². The molecule has 5 unspecified atom stereocenters. The summed E-state index contributed by atoms with van der Waals surface area (Å²) >= 11 is 0. The summed E-state index contributed by atoms with van der Waals surface area (Å²) in [6, 6.07) is 0. The molecule has 17 heavy (non-hydrogen) atoms. The Kier molecular flexibility index (Phi) is 4.45. The van der Waals surface area contributed by atoms with E-state index in [0.29, 0.717) is 11.8 Å². The molecule has 2 aliphatic rings. The quantitative estimate of drug-likeness (QED) is 0.770. The molecule has 1 saturated heterocycles. The average molecular weight is 241 g/mol. The molecule has 1 aliphatic carbocycles. The van der Waals surface area contributed by atoms with Gasteiger partial charge in [-0.05, 0) is 43.4 Å². The number of aliphatic hydroxyl groups is 2. The van der Waals surface area contributed by atoms with Crippen LogP contribution in [0.2, 0.25) is 0 Å². The zero-order valence-corrected chi connectivity index (χ0v) is 11.2. The van der Waals surface area contributed by atoms with Crippen molar-refractivity contribution in [3.05, 3.63) is 0 Å².